The zero-order valence-corrected chi connectivity index (χ0v) is 15.8. The lowest BCUT2D eigenvalue weighted by Gasteiger charge is -2.12. The van der Waals surface area contributed by atoms with Crippen molar-refractivity contribution in [3.63, 3.8) is 0 Å². The molecule has 1 aromatic carbocycles. The zero-order valence-electron chi connectivity index (χ0n) is 15.0. The molecule has 0 radical (unpaired) electrons. The van der Waals surface area contributed by atoms with E-state index in [0.29, 0.717) is 0 Å². The summed E-state index contributed by atoms with van der Waals surface area (Å²) in [4.78, 5) is 12.1. The molecule has 0 atom stereocenters. The number of alkyl halides is 3. The van der Waals surface area contributed by atoms with Gasteiger partial charge in [-0.25, -0.2) is 4.79 Å². The van der Waals surface area contributed by atoms with Crippen LogP contribution in [0.2, 0.25) is 0 Å². The summed E-state index contributed by atoms with van der Waals surface area (Å²) in [5, 5.41) is 2.71. The third-order valence-corrected chi connectivity index (χ3v) is 4.67. The normalized spacial score (nSPS) is 12.9. The Morgan fingerprint density at radius 1 is 1.18 bits per heavy atom. The van der Waals surface area contributed by atoms with Crippen molar-refractivity contribution in [3.05, 3.63) is 34.2 Å². The Bertz CT molecular complexity index is 1060. The largest absolute Gasteiger partial charge is 0.496 e. The van der Waals surface area contributed by atoms with E-state index in [1.807, 2.05) is 0 Å². The first-order valence-electron chi connectivity index (χ1n) is 7.79. The molecule has 28 heavy (non-hydrogen) atoms. The minimum absolute atomic E-state index is 0.0197. The molecule has 1 aromatic heterocycles. The number of methoxy groups -OCH3 is 2. The quantitative estimate of drug-likeness (QED) is 0.383. The number of halogens is 3. The van der Waals surface area contributed by atoms with E-state index in [0.717, 1.165) is 6.07 Å². The summed E-state index contributed by atoms with van der Waals surface area (Å²) in [5.74, 6) is -0.221. The Labute approximate surface area is 157 Å². The Balaban J connectivity index is 2.70. The van der Waals surface area contributed by atoms with E-state index in [2.05, 4.69) is 9.44 Å². The van der Waals surface area contributed by atoms with Gasteiger partial charge in [0, 0.05) is 12.1 Å². The number of hydrogen-bond acceptors (Lipinski definition) is 8. The molecule has 0 aliphatic heterocycles. The van der Waals surface area contributed by atoms with Gasteiger partial charge in [0.2, 0.25) is 0 Å². The molecule has 0 spiro atoms. The fraction of sp³-hybridized carbons (Fsp3) is 0.375. The SMILES string of the molecule is CCCS(=O)(=O)O/N=C(\c1cc2c(OC)cc(OC)cc2oc1=O)C(F)(F)F. The van der Waals surface area contributed by atoms with Crippen LogP contribution in [0.3, 0.4) is 0 Å². The van der Waals surface area contributed by atoms with Crippen molar-refractivity contribution < 1.29 is 39.8 Å². The van der Waals surface area contributed by atoms with Gasteiger partial charge in [0.1, 0.15) is 17.1 Å². The zero-order chi connectivity index (χ0) is 21.1. The summed E-state index contributed by atoms with van der Waals surface area (Å²) in [7, 11) is -1.73. The van der Waals surface area contributed by atoms with Gasteiger partial charge in [-0.2, -0.15) is 21.6 Å². The number of ether oxygens (including phenoxy) is 2. The van der Waals surface area contributed by atoms with Crippen LogP contribution in [0.15, 0.2) is 32.6 Å². The third kappa shape index (κ3) is 4.74. The van der Waals surface area contributed by atoms with Gasteiger partial charge < -0.3 is 13.9 Å². The van der Waals surface area contributed by atoms with E-state index >= 15 is 0 Å². The summed E-state index contributed by atoms with van der Waals surface area (Å²) < 4.78 is 82.4. The van der Waals surface area contributed by atoms with Crippen LogP contribution in [0.1, 0.15) is 18.9 Å². The van der Waals surface area contributed by atoms with E-state index in [4.69, 9.17) is 13.9 Å². The van der Waals surface area contributed by atoms with Crippen LogP contribution in [-0.4, -0.2) is 40.3 Å². The van der Waals surface area contributed by atoms with Crippen LogP contribution in [-0.2, 0) is 14.4 Å². The molecule has 0 saturated heterocycles. The van der Waals surface area contributed by atoms with E-state index in [1.165, 1.54) is 33.3 Å². The smallest absolute Gasteiger partial charge is 0.437 e. The van der Waals surface area contributed by atoms with Gasteiger partial charge >= 0.3 is 21.9 Å². The van der Waals surface area contributed by atoms with Crippen molar-refractivity contribution in [3.8, 4) is 11.5 Å². The predicted octanol–water partition coefficient (Wildman–Crippen LogP) is 2.83. The number of rotatable bonds is 7. The van der Waals surface area contributed by atoms with Crippen LogP contribution in [0.25, 0.3) is 11.0 Å². The van der Waals surface area contributed by atoms with Gasteiger partial charge in [0.05, 0.1) is 30.9 Å². The lowest BCUT2D eigenvalue weighted by molar-refractivity contribution is -0.0598. The van der Waals surface area contributed by atoms with Crippen molar-refractivity contribution in [2.75, 3.05) is 20.0 Å². The van der Waals surface area contributed by atoms with Crippen molar-refractivity contribution in [1.82, 2.24) is 0 Å². The second kappa shape index (κ2) is 8.09. The van der Waals surface area contributed by atoms with E-state index in [-0.39, 0.29) is 28.9 Å². The van der Waals surface area contributed by atoms with Crippen LogP contribution in [0.5, 0.6) is 11.5 Å². The molecule has 1 heterocycles. The number of nitrogens with zero attached hydrogens (tertiary/aromatic N) is 1. The van der Waals surface area contributed by atoms with Gasteiger partial charge in [-0.3, -0.25) is 4.28 Å². The molecule has 0 saturated carbocycles. The predicted molar refractivity (Wildman–Crippen MR) is 93.3 cm³/mol. The molecular weight excluding hydrogens is 407 g/mol. The first-order valence-corrected chi connectivity index (χ1v) is 9.37. The Kier molecular flexibility index (Phi) is 6.22. The van der Waals surface area contributed by atoms with Gasteiger partial charge in [-0.1, -0.05) is 12.1 Å². The third-order valence-electron chi connectivity index (χ3n) is 3.46. The van der Waals surface area contributed by atoms with Crippen LogP contribution in [0.4, 0.5) is 13.2 Å². The number of hydrogen-bond donors (Lipinski definition) is 0. The molecule has 0 bridgehead atoms. The minimum atomic E-state index is -5.19. The minimum Gasteiger partial charge on any atom is -0.496 e. The standard InChI is InChI=1S/C16H16F3NO7S/c1-4-5-28(22,23)27-20-14(16(17,18)19)11-8-10-12(25-3)6-9(24-2)7-13(10)26-15(11)21/h6-8H,4-5H2,1-3H3/b20-14+. The van der Waals surface area contributed by atoms with E-state index < -0.39 is 38.9 Å². The highest BCUT2D eigenvalue weighted by molar-refractivity contribution is 7.86. The van der Waals surface area contributed by atoms with Crippen LogP contribution >= 0.6 is 0 Å². The van der Waals surface area contributed by atoms with E-state index in [9.17, 15) is 26.4 Å². The van der Waals surface area contributed by atoms with Crippen LogP contribution in [0, 0.1) is 0 Å². The number of oxime groups is 1. The molecule has 0 fully saturated rings. The Morgan fingerprint density at radius 3 is 2.39 bits per heavy atom. The van der Waals surface area contributed by atoms with Gasteiger partial charge in [0.15, 0.2) is 5.71 Å². The molecule has 154 valence electrons. The average Bonchev–Trinajstić information content (AvgIpc) is 2.59. The lowest BCUT2D eigenvalue weighted by Crippen LogP contribution is -2.30. The van der Waals surface area contributed by atoms with Crippen LogP contribution < -0.4 is 15.1 Å². The highest BCUT2D eigenvalue weighted by atomic mass is 32.2. The van der Waals surface area contributed by atoms with Gasteiger partial charge in [0.25, 0.3) is 0 Å². The fourth-order valence-corrected chi connectivity index (χ4v) is 3.01. The summed E-state index contributed by atoms with van der Waals surface area (Å²) in [6, 6.07) is 3.50. The second-order valence-electron chi connectivity index (χ2n) is 5.46. The van der Waals surface area contributed by atoms with Crippen molar-refractivity contribution in [2.24, 2.45) is 5.16 Å². The van der Waals surface area contributed by atoms with Crippen molar-refractivity contribution >= 4 is 26.8 Å². The van der Waals surface area contributed by atoms with Gasteiger partial charge in [-0.15, -0.1) is 0 Å². The first kappa shape index (κ1) is 21.5. The summed E-state index contributed by atoms with van der Waals surface area (Å²) >= 11 is 0. The molecule has 2 rings (SSSR count). The summed E-state index contributed by atoms with van der Waals surface area (Å²) in [6.07, 6.45) is -5.08. The monoisotopic (exact) mass is 423 g/mol. The summed E-state index contributed by atoms with van der Waals surface area (Å²) in [5.41, 5.74) is -4.36. The highest BCUT2D eigenvalue weighted by Crippen LogP contribution is 2.32. The topological polar surface area (TPSA) is 104 Å². The van der Waals surface area contributed by atoms with E-state index in [1.54, 1.807) is 0 Å². The first-order chi connectivity index (χ1) is 13.0. The summed E-state index contributed by atoms with van der Waals surface area (Å²) in [6.45, 7) is 1.49. The molecular formula is C16H16F3NO7S. The van der Waals surface area contributed by atoms with Crippen molar-refractivity contribution in [2.45, 2.75) is 19.5 Å². The molecule has 0 N–H and O–H groups in total. The number of benzene rings is 1. The fourth-order valence-electron chi connectivity index (χ4n) is 2.25. The molecule has 12 heteroatoms. The molecule has 0 unspecified atom stereocenters. The highest BCUT2D eigenvalue weighted by Gasteiger charge is 2.40. The number of fused-ring (bicyclic) bond motifs is 1. The molecule has 0 aliphatic rings. The maximum absolute atomic E-state index is 13.4. The molecule has 0 amide bonds. The maximum atomic E-state index is 13.4. The van der Waals surface area contributed by atoms with Gasteiger partial charge in [-0.05, 0) is 12.5 Å². The molecule has 8 nitrogen and oxygen atoms in total. The Morgan fingerprint density at radius 2 is 1.86 bits per heavy atom. The lowest BCUT2D eigenvalue weighted by atomic mass is 10.1. The molecule has 0 aliphatic carbocycles. The average molecular weight is 423 g/mol. The Hall–Kier alpha value is -2.76. The second-order valence-corrected chi connectivity index (χ2v) is 7.14. The maximum Gasteiger partial charge on any atom is 0.437 e. The van der Waals surface area contributed by atoms with Crippen molar-refractivity contribution in [1.29, 1.82) is 0 Å². The molecule has 2 aromatic rings.